The van der Waals surface area contributed by atoms with E-state index >= 15 is 0 Å². The zero-order valence-corrected chi connectivity index (χ0v) is 21.6. The number of carbonyl (C=O) groups excluding carboxylic acids is 1. The van der Waals surface area contributed by atoms with Gasteiger partial charge < -0.3 is 25.1 Å². The van der Waals surface area contributed by atoms with Gasteiger partial charge in [-0.2, -0.15) is 0 Å². The Morgan fingerprint density at radius 3 is 2.71 bits per heavy atom. The third-order valence-electron chi connectivity index (χ3n) is 6.41. The molecule has 3 atom stereocenters. The van der Waals surface area contributed by atoms with Crippen molar-refractivity contribution in [2.45, 2.75) is 32.2 Å². The number of carbonyl (C=O) groups is 1. The number of aromatic nitrogens is 2. The van der Waals surface area contributed by atoms with Crippen LogP contribution >= 0.6 is 0 Å². The van der Waals surface area contributed by atoms with E-state index in [0.29, 0.717) is 48.6 Å². The average molecular weight is 525 g/mol. The first-order valence-corrected chi connectivity index (χ1v) is 12.5. The quantitative estimate of drug-likeness (QED) is 0.463. The molecule has 0 aliphatic carbocycles. The summed E-state index contributed by atoms with van der Waals surface area (Å²) in [5.74, 6) is 1.46. The highest BCUT2D eigenvalue weighted by Gasteiger charge is 2.33. The molecular formula is C25H32N8O5. The normalized spacial score (nSPS) is 21.6. The Balaban J connectivity index is 1.34. The van der Waals surface area contributed by atoms with Crippen molar-refractivity contribution in [2.24, 2.45) is 9.98 Å². The zero-order valence-electron chi connectivity index (χ0n) is 21.6. The highest BCUT2D eigenvalue weighted by molar-refractivity contribution is 6.20. The molecule has 4 N–H and O–H groups in total. The topological polar surface area (TPSA) is 160 Å². The Hall–Kier alpha value is -3.81. The van der Waals surface area contributed by atoms with E-state index in [1.165, 1.54) is 19.5 Å². The standard InChI is InChI=1S/C25H32N8O5/c1-14-10-32(11-15(2)38-14)12-17(34)13-37-19-5-4-18-20(21(19)36-3)30-25(33-7-6-27-22(18)33)31-23(35)16-8-28-24(26)29-9-16/h4-5,8-9,14-15,17,34H,6-7,10-13H2,1-3H3,(H2,26,28,29)(H,30,31,35)/t14-,15+,17-/m1/s1. The number of nitrogens with two attached hydrogens (primary N) is 1. The molecule has 1 amide bonds. The van der Waals surface area contributed by atoms with E-state index in [-0.39, 0.29) is 30.3 Å². The van der Waals surface area contributed by atoms with E-state index in [0.717, 1.165) is 18.7 Å². The molecule has 0 radical (unpaired) electrons. The summed E-state index contributed by atoms with van der Waals surface area (Å²) in [6, 6.07) is 3.64. The first-order valence-electron chi connectivity index (χ1n) is 12.5. The van der Waals surface area contributed by atoms with Crippen molar-refractivity contribution in [3.63, 3.8) is 0 Å². The van der Waals surface area contributed by atoms with Gasteiger partial charge in [0.2, 0.25) is 11.9 Å². The minimum absolute atomic E-state index is 0.0762. The Kier molecular flexibility index (Phi) is 7.40. The molecule has 0 saturated carbocycles. The number of aliphatic hydroxyl groups excluding tert-OH is 1. The second-order valence-electron chi connectivity index (χ2n) is 9.51. The lowest BCUT2D eigenvalue weighted by atomic mass is 10.1. The Bertz CT molecular complexity index is 1240. The summed E-state index contributed by atoms with van der Waals surface area (Å²) in [6.07, 6.45) is 2.23. The molecule has 0 bridgehead atoms. The van der Waals surface area contributed by atoms with Crippen LogP contribution in [0.25, 0.3) is 0 Å². The largest absolute Gasteiger partial charge is 0.491 e. The van der Waals surface area contributed by atoms with Crippen molar-refractivity contribution in [3.8, 4) is 11.5 Å². The maximum atomic E-state index is 12.9. The van der Waals surface area contributed by atoms with Crippen LogP contribution in [0, 0.1) is 0 Å². The van der Waals surface area contributed by atoms with E-state index < -0.39 is 12.0 Å². The number of nitrogen functional groups attached to an aromatic ring is 1. The number of β-amino-alcohol motifs (C(OH)–C–C–N with tert-alkyl or cyclic N) is 1. The van der Waals surface area contributed by atoms with E-state index in [1.54, 1.807) is 6.07 Å². The van der Waals surface area contributed by atoms with E-state index in [9.17, 15) is 9.90 Å². The second kappa shape index (κ2) is 10.9. The first-order chi connectivity index (χ1) is 18.3. The predicted octanol–water partition coefficient (Wildman–Crippen LogP) is 0.410. The number of anilines is 1. The van der Waals surface area contributed by atoms with Crippen molar-refractivity contribution in [1.29, 1.82) is 0 Å². The number of aliphatic imine (C=N–C) groups is 2. The maximum absolute atomic E-state index is 12.9. The molecule has 3 aliphatic heterocycles. The van der Waals surface area contributed by atoms with Crippen LogP contribution in [0.3, 0.4) is 0 Å². The SMILES string of the molecule is COc1c(OC[C@H](O)CN2C[C@@H](C)O[C@@H](C)C2)ccc2c1N=C(NC(=O)c1cnc(N)nc1)N1CCN=C21. The van der Waals surface area contributed by atoms with Gasteiger partial charge in [0.15, 0.2) is 11.5 Å². The Morgan fingerprint density at radius 2 is 2.00 bits per heavy atom. The van der Waals surface area contributed by atoms with Gasteiger partial charge in [-0.3, -0.25) is 24.9 Å². The molecule has 2 aromatic rings. The lowest BCUT2D eigenvalue weighted by Gasteiger charge is -2.36. The number of hydrogen-bond donors (Lipinski definition) is 3. The number of methoxy groups -OCH3 is 1. The summed E-state index contributed by atoms with van der Waals surface area (Å²) in [4.78, 5) is 33.9. The summed E-state index contributed by atoms with van der Waals surface area (Å²) < 4.78 is 17.4. The van der Waals surface area contributed by atoms with Crippen LogP contribution in [0.1, 0.15) is 29.8 Å². The fourth-order valence-corrected chi connectivity index (χ4v) is 4.90. The van der Waals surface area contributed by atoms with Crippen LogP contribution in [-0.2, 0) is 4.74 Å². The molecular weight excluding hydrogens is 492 g/mol. The predicted molar refractivity (Wildman–Crippen MR) is 140 cm³/mol. The van der Waals surface area contributed by atoms with Crippen LogP contribution < -0.4 is 20.5 Å². The summed E-state index contributed by atoms with van der Waals surface area (Å²) in [7, 11) is 1.53. The number of aliphatic hydroxyl groups is 1. The zero-order chi connectivity index (χ0) is 26.8. The van der Waals surface area contributed by atoms with Gasteiger partial charge in [0, 0.05) is 44.1 Å². The van der Waals surface area contributed by atoms with Gasteiger partial charge in [-0.25, -0.2) is 15.0 Å². The summed E-state index contributed by atoms with van der Waals surface area (Å²) in [6.45, 7) is 7.24. The molecule has 1 aromatic carbocycles. The van der Waals surface area contributed by atoms with E-state index in [4.69, 9.17) is 24.9 Å². The number of nitrogens with one attached hydrogen (secondary N) is 1. The summed E-state index contributed by atoms with van der Waals surface area (Å²) >= 11 is 0. The number of morpholine rings is 1. The molecule has 1 saturated heterocycles. The van der Waals surface area contributed by atoms with Gasteiger partial charge in [0.25, 0.3) is 5.91 Å². The van der Waals surface area contributed by atoms with E-state index in [2.05, 4.69) is 25.2 Å². The number of amidine groups is 1. The molecule has 0 unspecified atom stereocenters. The van der Waals surface area contributed by atoms with Crippen molar-refractivity contribution >= 4 is 29.3 Å². The molecule has 13 nitrogen and oxygen atoms in total. The molecule has 0 spiro atoms. The van der Waals surface area contributed by atoms with Crippen LogP contribution in [0.4, 0.5) is 11.6 Å². The molecule has 5 rings (SSSR count). The lowest BCUT2D eigenvalue weighted by molar-refractivity contribution is -0.0787. The highest BCUT2D eigenvalue weighted by atomic mass is 16.5. The summed E-state index contributed by atoms with van der Waals surface area (Å²) in [5.41, 5.74) is 7.02. The average Bonchev–Trinajstić information content (AvgIpc) is 3.37. The highest BCUT2D eigenvalue weighted by Crippen LogP contribution is 2.43. The molecule has 4 heterocycles. The fourth-order valence-electron chi connectivity index (χ4n) is 4.90. The number of ether oxygens (including phenoxy) is 3. The van der Waals surface area contributed by atoms with Gasteiger partial charge >= 0.3 is 0 Å². The third-order valence-corrected chi connectivity index (χ3v) is 6.41. The molecule has 1 fully saturated rings. The Morgan fingerprint density at radius 1 is 1.26 bits per heavy atom. The second-order valence-corrected chi connectivity index (χ2v) is 9.51. The monoisotopic (exact) mass is 524 g/mol. The number of nitrogens with zero attached hydrogens (tertiary/aromatic N) is 6. The lowest BCUT2D eigenvalue weighted by Crippen LogP contribution is -2.48. The van der Waals surface area contributed by atoms with Crippen molar-refractivity contribution in [3.05, 3.63) is 35.7 Å². The molecule has 13 heteroatoms. The minimum atomic E-state index is -0.705. The number of benzene rings is 1. The minimum Gasteiger partial charge on any atom is -0.491 e. The van der Waals surface area contributed by atoms with Crippen LogP contribution in [0.5, 0.6) is 11.5 Å². The van der Waals surface area contributed by atoms with Crippen molar-refractivity contribution in [1.82, 2.24) is 25.1 Å². The molecule has 1 aromatic heterocycles. The molecule has 202 valence electrons. The van der Waals surface area contributed by atoms with Crippen LogP contribution in [-0.4, -0.2) is 107 Å². The smallest absolute Gasteiger partial charge is 0.261 e. The Labute approximate surface area is 220 Å². The fraction of sp³-hybridized carbons (Fsp3) is 0.480. The van der Waals surface area contributed by atoms with Crippen molar-refractivity contribution < 1.29 is 24.1 Å². The van der Waals surface area contributed by atoms with Crippen LogP contribution in [0.15, 0.2) is 34.5 Å². The van der Waals surface area contributed by atoms with Crippen LogP contribution in [0.2, 0.25) is 0 Å². The van der Waals surface area contributed by atoms with Gasteiger partial charge in [-0.1, -0.05) is 0 Å². The number of rotatable bonds is 7. The molecule has 3 aliphatic rings. The van der Waals surface area contributed by atoms with Gasteiger partial charge in [0.1, 0.15) is 24.2 Å². The number of amides is 1. The number of fused-ring (bicyclic) bond motifs is 3. The summed E-state index contributed by atoms with van der Waals surface area (Å²) in [5, 5.41) is 13.5. The van der Waals surface area contributed by atoms with Gasteiger partial charge in [-0.05, 0) is 26.0 Å². The molecule has 38 heavy (non-hydrogen) atoms. The van der Waals surface area contributed by atoms with Gasteiger partial charge in [0.05, 0.1) is 31.4 Å². The maximum Gasteiger partial charge on any atom is 0.261 e. The number of hydrogen-bond acceptors (Lipinski definition) is 12. The van der Waals surface area contributed by atoms with Crippen molar-refractivity contribution in [2.75, 3.05) is 52.2 Å². The van der Waals surface area contributed by atoms with Gasteiger partial charge in [-0.15, -0.1) is 0 Å². The first kappa shape index (κ1) is 25.8. The third kappa shape index (κ3) is 5.39. The number of guanidine groups is 1. The van der Waals surface area contributed by atoms with E-state index in [1.807, 2.05) is 24.8 Å².